The predicted molar refractivity (Wildman–Crippen MR) is 59.3 cm³/mol. The quantitative estimate of drug-likeness (QED) is 0.453. The van der Waals surface area contributed by atoms with Crippen LogP contribution in [0.3, 0.4) is 0 Å². The minimum Gasteiger partial charge on any atom is -0.230 e. The van der Waals surface area contributed by atoms with Crippen molar-refractivity contribution < 1.29 is 8.78 Å². The standard InChI is InChI=1S/C8H4BrF2IN2/c9-2-4-1-5(7(10)11)6(3-13)14-8(4)12/h1,7H,2H2. The third kappa shape index (κ3) is 2.39. The van der Waals surface area contributed by atoms with Crippen LogP contribution < -0.4 is 0 Å². The lowest BCUT2D eigenvalue weighted by atomic mass is 10.1. The molecule has 0 unspecified atom stereocenters. The van der Waals surface area contributed by atoms with E-state index in [1.165, 1.54) is 6.07 Å². The SMILES string of the molecule is N#Cc1nc(I)c(CBr)cc1C(F)F. The molecule has 0 bridgehead atoms. The van der Waals surface area contributed by atoms with Crippen molar-refractivity contribution in [3.8, 4) is 6.07 Å². The van der Waals surface area contributed by atoms with Gasteiger partial charge in [-0.3, -0.25) is 0 Å². The summed E-state index contributed by atoms with van der Waals surface area (Å²) in [6.07, 6.45) is -2.66. The van der Waals surface area contributed by atoms with Crippen molar-refractivity contribution in [2.75, 3.05) is 0 Å². The molecule has 0 aliphatic carbocycles. The van der Waals surface area contributed by atoms with Gasteiger partial charge in [-0.25, -0.2) is 13.8 Å². The van der Waals surface area contributed by atoms with Gasteiger partial charge in [0.15, 0.2) is 5.69 Å². The highest BCUT2D eigenvalue weighted by molar-refractivity contribution is 14.1. The molecule has 0 spiro atoms. The maximum absolute atomic E-state index is 12.5. The van der Waals surface area contributed by atoms with Gasteiger partial charge in [0, 0.05) is 5.33 Å². The van der Waals surface area contributed by atoms with Gasteiger partial charge < -0.3 is 0 Å². The lowest BCUT2D eigenvalue weighted by molar-refractivity contribution is 0.150. The Morgan fingerprint density at radius 2 is 2.29 bits per heavy atom. The maximum Gasteiger partial charge on any atom is 0.266 e. The van der Waals surface area contributed by atoms with E-state index in [0.29, 0.717) is 14.6 Å². The van der Waals surface area contributed by atoms with E-state index in [2.05, 4.69) is 20.9 Å². The summed E-state index contributed by atoms with van der Waals surface area (Å²) < 4.78 is 25.5. The van der Waals surface area contributed by atoms with Crippen molar-refractivity contribution in [2.45, 2.75) is 11.8 Å². The fourth-order valence-electron chi connectivity index (χ4n) is 0.900. The van der Waals surface area contributed by atoms with Gasteiger partial charge in [-0.15, -0.1) is 0 Å². The number of nitriles is 1. The molecule has 1 aromatic rings. The average molecular weight is 373 g/mol. The molecule has 0 saturated carbocycles. The lowest BCUT2D eigenvalue weighted by Crippen LogP contribution is -2.00. The Morgan fingerprint density at radius 1 is 1.64 bits per heavy atom. The molecular formula is C8H4BrF2IN2. The summed E-state index contributed by atoms with van der Waals surface area (Å²) in [5, 5.41) is 9.04. The lowest BCUT2D eigenvalue weighted by Gasteiger charge is -2.05. The summed E-state index contributed by atoms with van der Waals surface area (Å²) in [7, 11) is 0. The molecule has 0 fully saturated rings. The highest BCUT2D eigenvalue weighted by atomic mass is 127. The summed E-state index contributed by atoms with van der Waals surface area (Å²) in [6.45, 7) is 0. The van der Waals surface area contributed by atoms with Gasteiger partial charge in [0.1, 0.15) is 9.77 Å². The zero-order chi connectivity index (χ0) is 10.7. The van der Waals surface area contributed by atoms with Crippen LogP contribution in [0.25, 0.3) is 0 Å². The van der Waals surface area contributed by atoms with E-state index in [1.807, 2.05) is 22.6 Å². The smallest absolute Gasteiger partial charge is 0.230 e. The van der Waals surface area contributed by atoms with Crippen LogP contribution in [0.4, 0.5) is 8.78 Å². The molecule has 6 heteroatoms. The molecule has 1 rings (SSSR count). The summed E-state index contributed by atoms with van der Waals surface area (Å²) in [5.74, 6) is 0. The van der Waals surface area contributed by atoms with Gasteiger partial charge in [0.2, 0.25) is 0 Å². The second-order valence-corrected chi connectivity index (χ2v) is 4.00. The molecule has 0 amide bonds. The Balaban J connectivity index is 3.34. The largest absolute Gasteiger partial charge is 0.266 e. The molecule has 2 nitrogen and oxygen atoms in total. The molecule has 14 heavy (non-hydrogen) atoms. The summed E-state index contributed by atoms with van der Waals surface area (Å²) >= 11 is 5.08. The normalized spacial score (nSPS) is 10.3. The third-order valence-corrected chi connectivity index (χ3v) is 3.10. The molecule has 0 aliphatic rings. The Kier molecular flexibility index (Phi) is 4.19. The van der Waals surface area contributed by atoms with E-state index in [4.69, 9.17) is 5.26 Å². The van der Waals surface area contributed by atoms with E-state index >= 15 is 0 Å². The number of hydrogen-bond acceptors (Lipinski definition) is 2. The first kappa shape index (κ1) is 11.8. The van der Waals surface area contributed by atoms with Crippen molar-refractivity contribution in [3.05, 3.63) is 26.6 Å². The Labute approximate surface area is 102 Å². The van der Waals surface area contributed by atoms with Gasteiger partial charge >= 0.3 is 0 Å². The average Bonchev–Trinajstić information content (AvgIpc) is 2.16. The molecule has 0 aromatic carbocycles. The van der Waals surface area contributed by atoms with E-state index in [9.17, 15) is 8.78 Å². The molecule has 0 aliphatic heterocycles. The van der Waals surface area contributed by atoms with E-state index in [0.717, 1.165) is 0 Å². The number of nitrogens with zero attached hydrogens (tertiary/aromatic N) is 2. The van der Waals surface area contributed by atoms with Crippen LogP contribution in [0.5, 0.6) is 0 Å². The fraction of sp³-hybridized carbons (Fsp3) is 0.250. The molecule has 0 saturated heterocycles. The number of aromatic nitrogens is 1. The molecule has 0 atom stereocenters. The first-order chi connectivity index (χ1) is 6.60. The van der Waals surface area contributed by atoms with Crippen LogP contribution in [0.1, 0.15) is 23.2 Å². The van der Waals surface area contributed by atoms with Crippen LogP contribution in [0.15, 0.2) is 6.07 Å². The van der Waals surface area contributed by atoms with Crippen molar-refractivity contribution in [3.63, 3.8) is 0 Å². The van der Waals surface area contributed by atoms with Crippen LogP contribution in [-0.2, 0) is 5.33 Å². The van der Waals surface area contributed by atoms with Crippen molar-refractivity contribution in [1.82, 2.24) is 4.98 Å². The number of pyridine rings is 1. The predicted octanol–water partition coefficient (Wildman–Crippen LogP) is 3.39. The number of alkyl halides is 3. The van der Waals surface area contributed by atoms with Gasteiger partial charge in [0.25, 0.3) is 6.43 Å². The highest BCUT2D eigenvalue weighted by Crippen LogP contribution is 2.25. The minimum absolute atomic E-state index is 0.200. The minimum atomic E-state index is -2.66. The van der Waals surface area contributed by atoms with Crippen LogP contribution in [0.2, 0.25) is 0 Å². The first-order valence-electron chi connectivity index (χ1n) is 3.53. The molecule has 1 aromatic heterocycles. The molecule has 74 valence electrons. The summed E-state index contributed by atoms with van der Waals surface area (Å²) in [6, 6.07) is 2.97. The Hall–Kier alpha value is -0.290. The van der Waals surface area contributed by atoms with Gasteiger partial charge in [-0.2, -0.15) is 5.26 Å². The number of rotatable bonds is 2. The molecule has 0 N–H and O–H groups in total. The van der Waals surface area contributed by atoms with Crippen molar-refractivity contribution in [1.29, 1.82) is 5.26 Å². The van der Waals surface area contributed by atoms with Crippen LogP contribution >= 0.6 is 38.5 Å². The monoisotopic (exact) mass is 372 g/mol. The Bertz CT molecular complexity index is 390. The van der Waals surface area contributed by atoms with E-state index in [1.54, 1.807) is 6.07 Å². The van der Waals surface area contributed by atoms with E-state index in [-0.39, 0.29) is 11.3 Å². The molecule has 0 radical (unpaired) electrons. The van der Waals surface area contributed by atoms with Gasteiger partial charge in [0.05, 0.1) is 5.56 Å². The van der Waals surface area contributed by atoms with Crippen LogP contribution in [-0.4, -0.2) is 4.98 Å². The zero-order valence-corrected chi connectivity index (χ0v) is 10.5. The van der Waals surface area contributed by atoms with Crippen LogP contribution in [0, 0.1) is 15.0 Å². The molecule has 1 heterocycles. The maximum atomic E-state index is 12.5. The topological polar surface area (TPSA) is 36.7 Å². The second-order valence-electron chi connectivity index (χ2n) is 2.42. The highest BCUT2D eigenvalue weighted by Gasteiger charge is 2.16. The van der Waals surface area contributed by atoms with E-state index < -0.39 is 6.43 Å². The first-order valence-corrected chi connectivity index (χ1v) is 5.73. The van der Waals surface area contributed by atoms with Crippen molar-refractivity contribution in [2.24, 2.45) is 0 Å². The van der Waals surface area contributed by atoms with Gasteiger partial charge in [-0.05, 0) is 34.2 Å². The zero-order valence-electron chi connectivity index (χ0n) is 6.77. The second kappa shape index (κ2) is 4.98. The summed E-state index contributed by atoms with van der Waals surface area (Å²) in [4.78, 5) is 3.80. The van der Waals surface area contributed by atoms with Gasteiger partial charge in [-0.1, -0.05) is 15.9 Å². The van der Waals surface area contributed by atoms with Crippen molar-refractivity contribution >= 4 is 38.5 Å². The summed E-state index contributed by atoms with van der Waals surface area (Å²) in [5.41, 5.74) is 0.163. The fourth-order valence-corrected chi connectivity index (χ4v) is 2.44. The Morgan fingerprint density at radius 3 is 2.71 bits per heavy atom. The molecular weight excluding hydrogens is 369 g/mol. The third-order valence-electron chi connectivity index (χ3n) is 1.56. The number of hydrogen-bond donors (Lipinski definition) is 0. The number of halogens is 4.